The Balaban J connectivity index is 2.07. The first kappa shape index (κ1) is 17.5. The quantitative estimate of drug-likeness (QED) is 0.713. The summed E-state index contributed by atoms with van der Waals surface area (Å²) in [6, 6.07) is 6.29. The molecule has 1 aliphatic heterocycles. The van der Waals surface area contributed by atoms with Crippen molar-refractivity contribution in [2.45, 2.75) is 26.0 Å². The van der Waals surface area contributed by atoms with Crippen LogP contribution in [0.4, 0.5) is 0 Å². The highest BCUT2D eigenvalue weighted by atomic mass is 35.5. The molecule has 6 heteroatoms. The van der Waals surface area contributed by atoms with Crippen LogP contribution in [0, 0.1) is 5.92 Å². The highest BCUT2D eigenvalue weighted by Gasteiger charge is 2.29. The minimum Gasteiger partial charge on any atom is -0.489 e. The summed E-state index contributed by atoms with van der Waals surface area (Å²) in [6.07, 6.45) is 0.118. The number of hydrogen-bond acceptors (Lipinski definition) is 5. The number of hydrogen-bond donors (Lipinski definition) is 3. The highest BCUT2D eigenvalue weighted by Crippen LogP contribution is 2.32. The van der Waals surface area contributed by atoms with Crippen LogP contribution in [-0.4, -0.2) is 44.2 Å². The van der Waals surface area contributed by atoms with Gasteiger partial charge in [-0.15, -0.1) is 0 Å². The third-order valence-corrected chi connectivity index (χ3v) is 4.12. The van der Waals surface area contributed by atoms with Crippen molar-refractivity contribution < 1.29 is 4.74 Å². The van der Waals surface area contributed by atoms with E-state index in [1.54, 1.807) is 0 Å². The van der Waals surface area contributed by atoms with Gasteiger partial charge in [-0.05, 0) is 38.6 Å². The first-order valence-electron chi connectivity index (χ1n) is 7.84. The first-order chi connectivity index (χ1) is 10.5. The first-order valence-corrected chi connectivity index (χ1v) is 8.22. The number of ether oxygens (including phenoxy) is 1. The molecule has 1 heterocycles. The maximum Gasteiger partial charge on any atom is 0.138 e. The molecule has 0 saturated carbocycles. The van der Waals surface area contributed by atoms with E-state index < -0.39 is 0 Å². The Morgan fingerprint density at radius 1 is 1.45 bits per heavy atom. The van der Waals surface area contributed by atoms with Crippen LogP contribution in [0.5, 0.6) is 5.75 Å². The van der Waals surface area contributed by atoms with Gasteiger partial charge >= 0.3 is 0 Å². The van der Waals surface area contributed by atoms with Gasteiger partial charge in [0, 0.05) is 32.1 Å². The smallest absolute Gasteiger partial charge is 0.138 e. The molecule has 1 aliphatic rings. The molecule has 1 aromatic carbocycles. The van der Waals surface area contributed by atoms with Crippen molar-refractivity contribution in [3.05, 3.63) is 28.8 Å². The molecular weight excluding hydrogens is 300 g/mol. The lowest BCUT2D eigenvalue weighted by atomic mass is 9.94. The molecule has 4 N–H and O–H groups in total. The maximum absolute atomic E-state index is 6.35. The fourth-order valence-electron chi connectivity index (χ4n) is 2.83. The number of nitrogens with zero attached hydrogens (tertiary/aromatic N) is 1. The molecule has 0 amide bonds. The second kappa shape index (κ2) is 8.13. The van der Waals surface area contributed by atoms with Crippen LogP contribution in [-0.2, 0) is 0 Å². The molecule has 1 saturated heterocycles. The summed E-state index contributed by atoms with van der Waals surface area (Å²) < 4.78 is 5.70. The second-order valence-electron chi connectivity index (χ2n) is 6.17. The van der Waals surface area contributed by atoms with Gasteiger partial charge in [-0.2, -0.15) is 0 Å². The molecule has 0 aliphatic carbocycles. The van der Waals surface area contributed by atoms with Crippen LogP contribution in [0.1, 0.15) is 25.5 Å². The van der Waals surface area contributed by atoms with E-state index in [9.17, 15) is 0 Å². The van der Waals surface area contributed by atoms with Gasteiger partial charge in [-0.3, -0.25) is 5.43 Å². The van der Waals surface area contributed by atoms with E-state index in [4.69, 9.17) is 22.1 Å². The summed E-state index contributed by atoms with van der Waals surface area (Å²) in [4.78, 5) is 2.27. The van der Waals surface area contributed by atoms with Crippen molar-refractivity contribution >= 4 is 11.6 Å². The van der Waals surface area contributed by atoms with Gasteiger partial charge in [0.05, 0.1) is 17.2 Å². The zero-order chi connectivity index (χ0) is 16.1. The molecule has 5 nitrogen and oxygen atoms in total. The molecule has 0 bridgehead atoms. The van der Waals surface area contributed by atoms with Gasteiger partial charge in [-0.1, -0.05) is 17.7 Å². The van der Waals surface area contributed by atoms with E-state index in [1.165, 1.54) is 5.56 Å². The van der Waals surface area contributed by atoms with E-state index in [1.807, 2.05) is 26.0 Å². The minimum atomic E-state index is 0.118. The molecule has 1 fully saturated rings. The molecule has 0 spiro atoms. The van der Waals surface area contributed by atoms with Gasteiger partial charge in [0.25, 0.3) is 0 Å². The van der Waals surface area contributed by atoms with E-state index in [0.717, 1.165) is 25.4 Å². The average Bonchev–Trinajstić information content (AvgIpc) is 2.89. The topological polar surface area (TPSA) is 62.5 Å². The van der Waals surface area contributed by atoms with Crippen LogP contribution in [0.15, 0.2) is 18.2 Å². The molecule has 1 aromatic rings. The number of likely N-dealkylation sites (N-methyl/N-ethyl adjacent to an activating group) is 1. The minimum absolute atomic E-state index is 0.118. The van der Waals surface area contributed by atoms with Crippen molar-refractivity contribution in [1.82, 2.24) is 15.8 Å². The molecule has 2 rings (SSSR count). The summed E-state index contributed by atoms with van der Waals surface area (Å²) in [6.45, 7) is 7.50. The maximum atomic E-state index is 6.35. The number of hydrazine groups is 1. The van der Waals surface area contributed by atoms with Gasteiger partial charge in [0.2, 0.25) is 0 Å². The number of rotatable bonds is 7. The number of nitrogens with one attached hydrogen (secondary N) is 2. The zero-order valence-corrected chi connectivity index (χ0v) is 14.4. The van der Waals surface area contributed by atoms with Crippen molar-refractivity contribution in [3.8, 4) is 5.75 Å². The van der Waals surface area contributed by atoms with Gasteiger partial charge in [-0.25, -0.2) is 5.43 Å². The standard InChI is InChI=1S/C16H27ClN4O/c1-11(2)22-15-5-4-12(8-14(15)17)16-13(9-19-20-16)10-21(3)7-6-18/h4-5,8,11,13,16,19-20H,6-7,9-10,18H2,1-3H3. The average molecular weight is 327 g/mol. The van der Waals surface area contributed by atoms with Crippen LogP contribution in [0.3, 0.4) is 0 Å². The lowest BCUT2D eigenvalue weighted by molar-refractivity contribution is 0.242. The summed E-state index contributed by atoms with van der Waals surface area (Å²) in [5.41, 5.74) is 13.4. The van der Waals surface area contributed by atoms with Crippen LogP contribution >= 0.6 is 11.6 Å². The van der Waals surface area contributed by atoms with Crippen molar-refractivity contribution in [2.24, 2.45) is 11.7 Å². The molecule has 22 heavy (non-hydrogen) atoms. The van der Waals surface area contributed by atoms with E-state index in [2.05, 4.69) is 28.9 Å². The zero-order valence-electron chi connectivity index (χ0n) is 13.6. The summed E-state index contributed by atoms with van der Waals surface area (Å²) in [5.74, 6) is 1.22. The number of nitrogens with two attached hydrogens (primary N) is 1. The van der Waals surface area contributed by atoms with E-state index >= 15 is 0 Å². The van der Waals surface area contributed by atoms with Crippen LogP contribution in [0.2, 0.25) is 5.02 Å². The van der Waals surface area contributed by atoms with E-state index in [-0.39, 0.29) is 12.1 Å². The van der Waals surface area contributed by atoms with Crippen molar-refractivity contribution in [2.75, 3.05) is 33.2 Å². The predicted octanol–water partition coefficient (Wildman–Crippen LogP) is 1.78. The van der Waals surface area contributed by atoms with Gasteiger partial charge in [0.1, 0.15) is 5.75 Å². The second-order valence-corrected chi connectivity index (χ2v) is 6.58. The Labute approximate surface area is 138 Å². The molecule has 2 unspecified atom stereocenters. The molecule has 124 valence electrons. The number of halogens is 1. The van der Waals surface area contributed by atoms with Gasteiger partial charge < -0.3 is 15.4 Å². The van der Waals surface area contributed by atoms with Crippen molar-refractivity contribution in [1.29, 1.82) is 0 Å². The third-order valence-electron chi connectivity index (χ3n) is 3.83. The van der Waals surface area contributed by atoms with Crippen LogP contribution < -0.4 is 21.3 Å². The Morgan fingerprint density at radius 2 is 2.23 bits per heavy atom. The summed E-state index contributed by atoms with van der Waals surface area (Å²) in [5, 5.41) is 0.661. The Morgan fingerprint density at radius 3 is 2.86 bits per heavy atom. The van der Waals surface area contributed by atoms with E-state index in [0.29, 0.717) is 17.5 Å². The normalized spacial score (nSPS) is 21.8. The predicted molar refractivity (Wildman–Crippen MR) is 91.1 cm³/mol. The Kier molecular flexibility index (Phi) is 6.47. The highest BCUT2D eigenvalue weighted by molar-refractivity contribution is 6.32. The number of benzene rings is 1. The third kappa shape index (κ3) is 4.57. The largest absolute Gasteiger partial charge is 0.489 e. The summed E-state index contributed by atoms with van der Waals surface area (Å²) in [7, 11) is 2.11. The molecule has 0 aromatic heterocycles. The monoisotopic (exact) mass is 326 g/mol. The molecule has 2 atom stereocenters. The van der Waals surface area contributed by atoms with Crippen LogP contribution in [0.25, 0.3) is 0 Å². The Hall–Kier alpha value is -0.850. The lowest BCUT2D eigenvalue weighted by Gasteiger charge is -2.25. The molecule has 0 radical (unpaired) electrons. The SMILES string of the molecule is CC(C)Oc1ccc(C2NNCC2CN(C)CCN)cc1Cl. The Bertz CT molecular complexity index is 483. The summed E-state index contributed by atoms with van der Waals surface area (Å²) >= 11 is 6.35. The fourth-order valence-corrected chi connectivity index (χ4v) is 3.07. The van der Waals surface area contributed by atoms with Gasteiger partial charge in [0.15, 0.2) is 0 Å². The van der Waals surface area contributed by atoms with Crippen molar-refractivity contribution in [3.63, 3.8) is 0 Å². The molecular formula is C16H27ClN4O. The fraction of sp³-hybridized carbons (Fsp3) is 0.625. The lowest BCUT2D eigenvalue weighted by Crippen LogP contribution is -2.33.